The maximum Gasteiger partial charge on any atom is 0.434 e. The Labute approximate surface area is 199 Å². The van der Waals surface area contributed by atoms with Crippen LogP contribution >= 0.6 is 11.6 Å². The molecule has 0 saturated heterocycles. The van der Waals surface area contributed by atoms with Crippen molar-refractivity contribution < 1.29 is 31.5 Å². The summed E-state index contributed by atoms with van der Waals surface area (Å²) in [5, 5.41) is 1.94. The molecule has 0 aliphatic heterocycles. The van der Waals surface area contributed by atoms with Crippen LogP contribution < -0.4 is 21.5 Å². The van der Waals surface area contributed by atoms with E-state index in [1.54, 1.807) is 0 Å². The van der Waals surface area contributed by atoms with Gasteiger partial charge in [0.2, 0.25) is 0 Å². The van der Waals surface area contributed by atoms with Gasteiger partial charge in [0.15, 0.2) is 23.1 Å². The van der Waals surface area contributed by atoms with Crippen molar-refractivity contribution in [2.45, 2.75) is 6.18 Å². The Balaban J connectivity index is 1.86. The quantitative estimate of drug-likeness (QED) is 0.245. The molecule has 0 bridgehead atoms. The van der Waals surface area contributed by atoms with Gasteiger partial charge in [0.1, 0.15) is 22.4 Å². The van der Waals surface area contributed by atoms with Gasteiger partial charge in [-0.1, -0.05) is 11.6 Å². The Morgan fingerprint density at radius 1 is 1.11 bits per heavy atom. The maximum atomic E-state index is 14.6. The summed E-state index contributed by atoms with van der Waals surface area (Å²) in [6.45, 7) is 0. The van der Waals surface area contributed by atoms with E-state index >= 15 is 0 Å². The summed E-state index contributed by atoms with van der Waals surface area (Å²) in [5.74, 6) is -4.63. The second-order valence-corrected chi connectivity index (χ2v) is 6.93. The van der Waals surface area contributed by atoms with Crippen LogP contribution in [0, 0.1) is 11.6 Å². The number of nitrogens with one attached hydrogen (secondary N) is 1. The van der Waals surface area contributed by atoms with E-state index < -0.39 is 46.5 Å². The van der Waals surface area contributed by atoms with Crippen molar-refractivity contribution in [1.82, 2.24) is 9.97 Å². The number of amides is 1. The topological polar surface area (TPSA) is 129 Å². The molecular weight excluding hydrogens is 499 g/mol. The molecule has 0 fully saturated rings. The average molecular weight is 513 g/mol. The smallest absolute Gasteiger partial charge is 0.434 e. The number of benzene rings is 1. The standard InChI is InChI=1S/C21H14ClF5N6O2/c22-16-15(5-7-30-18(16)29)35-10-3-4-14(13(24)8-10)32-20(34)11(9-28)17(21(25,26)27)33-19-12(23)2-1-6-31-19/h1-9H,28H2,(H2,29,30)(H,32,34). The molecule has 182 valence electrons. The van der Waals surface area contributed by atoms with Crippen molar-refractivity contribution in [1.29, 1.82) is 0 Å². The minimum Gasteiger partial charge on any atom is -0.455 e. The summed E-state index contributed by atoms with van der Waals surface area (Å²) in [5.41, 5.74) is 7.26. The molecule has 8 nitrogen and oxygen atoms in total. The fraction of sp³-hybridized carbons (Fsp3) is 0.0476. The van der Waals surface area contributed by atoms with E-state index in [4.69, 9.17) is 27.8 Å². The first-order chi connectivity index (χ1) is 16.5. The van der Waals surface area contributed by atoms with E-state index in [1.807, 2.05) is 5.32 Å². The predicted octanol–water partition coefficient (Wildman–Crippen LogP) is 4.90. The molecule has 1 amide bonds. The number of alkyl halides is 3. The molecule has 2 aromatic heterocycles. The summed E-state index contributed by atoms with van der Waals surface area (Å²) in [6, 6.07) is 6.42. The summed E-state index contributed by atoms with van der Waals surface area (Å²) < 4.78 is 74.6. The lowest BCUT2D eigenvalue weighted by Crippen LogP contribution is -2.32. The van der Waals surface area contributed by atoms with E-state index in [-0.39, 0.29) is 22.3 Å². The van der Waals surface area contributed by atoms with Crippen LogP contribution in [0.25, 0.3) is 0 Å². The van der Waals surface area contributed by atoms with Crippen LogP contribution in [0.5, 0.6) is 11.5 Å². The van der Waals surface area contributed by atoms with Gasteiger partial charge in [0, 0.05) is 30.7 Å². The zero-order valence-corrected chi connectivity index (χ0v) is 18.0. The minimum absolute atomic E-state index is 0.0219. The molecule has 0 aliphatic rings. The van der Waals surface area contributed by atoms with Crippen LogP contribution in [-0.2, 0) is 4.79 Å². The van der Waals surface area contributed by atoms with Crippen LogP contribution in [0.15, 0.2) is 65.6 Å². The zero-order valence-electron chi connectivity index (χ0n) is 17.3. The summed E-state index contributed by atoms with van der Waals surface area (Å²) in [6.07, 6.45) is -2.60. The number of anilines is 2. The third-order valence-electron chi connectivity index (χ3n) is 4.19. The molecule has 14 heteroatoms. The first-order valence-corrected chi connectivity index (χ1v) is 9.76. The van der Waals surface area contributed by atoms with Gasteiger partial charge >= 0.3 is 6.18 Å². The lowest BCUT2D eigenvalue weighted by atomic mass is 10.1. The number of carbonyl (C=O) groups excluding carboxylic acids is 1. The Morgan fingerprint density at radius 3 is 2.49 bits per heavy atom. The molecule has 0 radical (unpaired) electrons. The number of carbonyl (C=O) groups is 1. The number of pyridine rings is 2. The van der Waals surface area contributed by atoms with Gasteiger partial charge in [-0.25, -0.2) is 23.7 Å². The molecular formula is C21H14ClF5N6O2. The zero-order chi connectivity index (χ0) is 25.8. The van der Waals surface area contributed by atoms with E-state index in [0.29, 0.717) is 6.20 Å². The number of ether oxygens (including phenoxy) is 1. The Kier molecular flexibility index (Phi) is 7.49. The van der Waals surface area contributed by atoms with E-state index in [1.165, 1.54) is 18.3 Å². The summed E-state index contributed by atoms with van der Waals surface area (Å²) in [4.78, 5) is 22.8. The van der Waals surface area contributed by atoms with Gasteiger partial charge in [0.25, 0.3) is 5.91 Å². The van der Waals surface area contributed by atoms with Crippen molar-refractivity contribution in [2.24, 2.45) is 10.7 Å². The van der Waals surface area contributed by atoms with Crippen molar-refractivity contribution in [3.8, 4) is 11.5 Å². The Morgan fingerprint density at radius 2 is 1.86 bits per heavy atom. The molecule has 35 heavy (non-hydrogen) atoms. The number of nitrogens with zero attached hydrogens (tertiary/aromatic N) is 3. The van der Waals surface area contributed by atoms with E-state index in [2.05, 4.69) is 15.0 Å². The Bertz CT molecular complexity index is 1330. The molecule has 3 rings (SSSR count). The molecule has 1 aromatic carbocycles. The molecule has 0 spiro atoms. The predicted molar refractivity (Wildman–Crippen MR) is 118 cm³/mol. The maximum absolute atomic E-state index is 14.6. The van der Waals surface area contributed by atoms with Gasteiger partial charge in [-0.05, 0) is 24.3 Å². The van der Waals surface area contributed by atoms with Crippen LogP contribution in [0.2, 0.25) is 5.02 Å². The number of rotatable bonds is 6. The molecule has 0 aliphatic carbocycles. The van der Waals surface area contributed by atoms with Crippen LogP contribution in [-0.4, -0.2) is 27.8 Å². The highest BCUT2D eigenvalue weighted by molar-refractivity contribution is 6.34. The molecule has 5 N–H and O–H groups in total. The molecule has 0 atom stereocenters. The van der Waals surface area contributed by atoms with E-state index in [0.717, 1.165) is 30.5 Å². The fourth-order valence-electron chi connectivity index (χ4n) is 2.60. The lowest BCUT2D eigenvalue weighted by Gasteiger charge is -2.15. The summed E-state index contributed by atoms with van der Waals surface area (Å²) >= 11 is 5.96. The summed E-state index contributed by atoms with van der Waals surface area (Å²) in [7, 11) is 0. The number of nitrogen functional groups attached to an aromatic ring is 1. The van der Waals surface area contributed by atoms with Crippen LogP contribution in [0.4, 0.5) is 39.3 Å². The number of halogens is 6. The number of nitrogens with two attached hydrogens (primary N) is 2. The first kappa shape index (κ1) is 25.4. The lowest BCUT2D eigenvalue weighted by molar-refractivity contribution is -0.113. The molecule has 0 saturated carbocycles. The highest BCUT2D eigenvalue weighted by atomic mass is 35.5. The fourth-order valence-corrected chi connectivity index (χ4v) is 2.75. The molecule has 0 unspecified atom stereocenters. The number of hydrogen-bond donors (Lipinski definition) is 3. The number of aliphatic imine (C=N–C) groups is 1. The number of aromatic nitrogens is 2. The van der Waals surface area contributed by atoms with Crippen LogP contribution in [0.1, 0.15) is 0 Å². The van der Waals surface area contributed by atoms with Crippen molar-refractivity contribution in [2.75, 3.05) is 11.1 Å². The third-order valence-corrected chi connectivity index (χ3v) is 4.57. The second kappa shape index (κ2) is 10.3. The van der Waals surface area contributed by atoms with E-state index in [9.17, 15) is 26.7 Å². The van der Waals surface area contributed by atoms with Gasteiger partial charge in [-0.3, -0.25) is 4.79 Å². The monoisotopic (exact) mass is 512 g/mol. The van der Waals surface area contributed by atoms with Crippen molar-refractivity contribution in [3.63, 3.8) is 0 Å². The van der Waals surface area contributed by atoms with Gasteiger partial charge < -0.3 is 21.5 Å². The first-order valence-electron chi connectivity index (χ1n) is 9.38. The van der Waals surface area contributed by atoms with Crippen molar-refractivity contribution in [3.05, 3.63) is 77.2 Å². The number of hydrogen-bond acceptors (Lipinski definition) is 7. The minimum atomic E-state index is -5.23. The highest BCUT2D eigenvalue weighted by Crippen LogP contribution is 2.33. The SMILES string of the molecule is NC=C(C(=O)Nc1ccc(Oc2ccnc(N)c2Cl)cc1F)C(=Nc1ncccc1F)C(F)(F)F. The molecule has 3 aromatic rings. The highest BCUT2D eigenvalue weighted by Gasteiger charge is 2.41. The van der Waals surface area contributed by atoms with Crippen molar-refractivity contribution >= 4 is 40.5 Å². The second-order valence-electron chi connectivity index (χ2n) is 6.55. The van der Waals surface area contributed by atoms with Crippen LogP contribution in [0.3, 0.4) is 0 Å². The van der Waals surface area contributed by atoms with Gasteiger partial charge in [-0.15, -0.1) is 0 Å². The third kappa shape index (κ3) is 6.00. The Hall–Kier alpha value is -4.26. The largest absolute Gasteiger partial charge is 0.455 e. The average Bonchev–Trinajstić information content (AvgIpc) is 2.79. The van der Waals surface area contributed by atoms with Gasteiger partial charge in [0.05, 0.1) is 11.3 Å². The normalized spacial score (nSPS) is 12.4. The molecule has 2 heterocycles. The van der Waals surface area contributed by atoms with Gasteiger partial charge in [-0.2, -0.15) is 13.2 Å².